The fourth-order valence-electron chi connectivity index (χ4n) is 1.91. The molecule has 0 heterocycles. The van der Waals surface area contributed by atoms with Crippen LogP contribution in [0.1, 0.15) is 32.8 Å². The quantitative estimate of drug-likeness (QED) is 0.437. The first-order valence-electron chi connectivity index (χ1n) is 7.92. The molecule has 1 aromatic carbocycles. The molecule has 0 radical (unpaired) electrons. The summed E-state index contributed by atoms with van der Waals surface area (Å²) in [5.74, 6) is 2.66. The molecule has 1 amide bonds. The van der Waals surface area contributed by atoms with Crippen molar-refractivity contribution in [2.75, 3.05) is 13.2 Å². The Labute approximate surface area is 153 Å². The molecule has 0 fully saturated rings. The largest absolute Gasteiger partial charge is 0.490 e. The molecular weight excluding hydrogens is 340 g/mol. The summed E-state index contributed by atoms with van der Waals surface area (Å²) in [6.45, 7) is 6.09. The van der Waals surface area contributed by atoms with Crippen molar-refractivity contribution in [1.82, 2.24) is 5.32 Å². The van der Waals surface area contributed by atoms with Crippen molar-refractivity contribution in [3.05, 3.63) is 28.3 Å². The molecule has 1 rings (SSSR count). The van der Waals surface area contributed by atoms with Crippen LogP contribution in [0.2, 0.25) is 5.02 Å². The van der Waals surface area contributed by atoms with Crippen LogP contribution in [0.3, 0.4) is 0 Å². The highest BCUT2D eigenvalue weighted by Gasteiger charge is 2.15. The molecule has 0 bridgehead atoms. The maximum atomic E-state index is 12.1. The lowest BCUT2D eigenvalue weighted by molar-refractivity contribution is -0.117. The van der Waals surface area contributed by atoms with E-state index in [0.29, 0.717) is 23.7 Å². The minimum absolute atomic E-state index is 0.0175. The Balaban J connectivity index is 3.21. The number of ether oxygens (including phenoxy) is 2. The van der Waals surface area contributed by atoms with Crippen molar-refractivity contribution < 1.29 is 14.3 Å². The molecule has 6 heteroatoms. The lowest BCUT2D eigenvalue weighted by Crippen LogP contribution is -2.32. The fourth-order valence-corrected chi connectivity index (χ4v) is 2.18. The fraction of sp³-hybridized carbons (Fsp3) is 0.368. The standard InChI is InChI=1S/C19H21ClN2O3/c1-5-8-25-18-16(20)10-14(11-17(18)24-7-3)9-15(12-21)19(23)22-13(4)6-2/h1,9-11,13H,6-8H2,2-4H3,(H,22,23)/b15-9+/t13-/m1/s1. The number of carbonyl (C=O) groups is 1. The zero-order valence-corrected chi connectivity index (χ0v) is 15.3. The average Bonchev–Trinajstić information content (AvgIpc) is 2.59. The van der Waals surface area contributed by atoms with Gasteiger partial charge >= 0.3 is 0 Å². The highest BCUT2D eigenvalue weighted by Crippen LogP contribution is 2.37. The number of rotatable bonds is 8. The van der Waals surface area contributed by atoms with Gasteiger partial charge in [0, 0.05) is 6.04 Å². The second-order valence-corrected chi connectivity index (χ2v) is 5.62. The van der Waals surface area contributed by atoms with Crippen LogP contribution in [-0.2, 0) is 4.79 Å². The lowest BCUT2D eigenvalue weighted by Gasteiger charge is -2.13. The molecule has 0 unspecified atom stereocenters. The molecule has 1 aromatic rings. The van der Waals surface area contributed by atoms with Crippen LogP contribution in [0.15, 0.2) is 17.7 Å². The van der Waals surface area contributed by atoms with E-state index in [1.165, 1.54) is 6.08 Å². The van der Waals surface area contributed by atoms with Gasteiger partial charge in [-0.1, -0.05) is 24.4 Å². The van der Waals surface area contributed by atoms with Crippen molar-refractivity contribution in [2.45, 2.75) is 33.2 Å². The summed E-state index contributed by atoms with van der Waals surface area (Å²) in [7, 11) is 0. The SMILES string of the molecule is C#CCOc1c(Cl)cc(/C=C(\C#N)C(=O)N[C@H](C)CC)cc1OCC. The Morgan fingerprint density at radius 3 is 2.72 bits per heavy atom. The molecule has 0 spiro atoms. The maximum absolute atomic E-state index is 12.1. The van der Waals surface area contributed by atoms with E-state index in [0.717, 1.165) is 6.42 Å². The molecule has 0 aliphatic rings. The van der Waals surface area contributed by atoms with Crippen molar-refractivity contribution in [1.29, 1.82) is 5.26 Å². The topological polar surface area (TPSA) is 71.3 Å². The normalized spacial score (nSPS) is 11.8. The summed E-state index contributed by atoms with van der Waals surface area (Å²) in [4.78, 5) is 12.1. The van der Waals surface area contributed by atoms with Crippen LogP contribution in [0.4, 0.5) is 0 Å². The number of nitriles is 1. The number of benzene rings is 1. The predicted octanol–water partition coefficient (Wildman–Crippen LogP) is 3.57. The molecule has 1 N–H and O–H groups in total. The van der Waals surface area contributed by atoms with Crippen LogP contribution >= 0.6 is 11.6 Å². The van der Waals surface area contributed by atoms with Crippen molar-refractivity contribution in [3.63, 3.8) is 0 Å². The van der Waals surface area contributed by atoms with Crippen LogP contribution in [-0.4, -0.2) is 25.2 Å². The van der Waals surface area contributed by atoms with Crippen molar-refractivity contribution in [3.8, 4) is 29.9 Å². The molecule has 25 heavy (non-hydrogen) atoms. The number of hydrogen-bond donors (Lipinski definition) is 1. The van der Waals surface area contributed by atoms with Crippen molar-refractivity contribution in [2.24, 2.45) is 0 Å². The van der Waals surface area contributed by atoms with E-state index in [2.05, 4.69) is 11.2 Å². The molecule has 1 atom stereocenters. The monoisotopic (exact) mass is 360 g/mol. The van der Waals surface area contributed by atoms with E-state index in [1.807, 2.05) is 26.8 Å². The summed E-state index contributed by atoms with van der Waals surface area (Å²) in [5.41, 5.74) is 0.536. The average molecular weight is 361 g/mol. The van der Waals surface area contributed by atoms with E-state index >= 15 is 0 Å². The van der Waals surface area contributed by atoms with Crippen molar-refractivity contribution >= 4 is 23.6 Å². The Morgan fingerprint density at radius 1 is 1.44 bits per heavy atom. The Bertz CT molecular complexity index is 729. The van der Waals surface area contributed by atoms with Gasteiger partial charge in [-0.2, -0.15) is 5.26 Å². The smallest absolute Gasteiger partial charge is 0.262 e. The van der Waals surface area contributed by atoms with Gasteiger partial charge in [0.15, 0.2) is 11.5 Å². The first-order chi connectivity index (χ1) is 12.0. The molecule has 5 nitrogen and oxygen atoms in total. The number of amides is 1. The lowest BCUT2D eigenvalue weighted by atomic mass is 10.1. The number of terminal acetylenes is 1. The molecular formula is C19H21ClN2O3. The second kappa shape index (κ2) is 10.3. The Kier molecular flexibility index (Phi) is 8.39. The molecule has 0 aromatic heterocycles. The van der Waals surface area contributed by atoms with Gasteiger partial charge in [-0.25, -0.2) is 0 Å². The summed E-state index contributed by atoms with van der Waals surface area (Å²) in [6, 6.07) is 5.12. The summed E-state index contributed by atoms with van der Waals surface area (Å²) >= 11 is 6.23. The van der Waals surface area contributed by atoms with Crippen LogP contribution in [0, 0.1) is 23.7 Å². The van der Waals surface area contributed by atoms with Crippen LogP contribution < -0.4 is 14.8 Å². The third-order valence-corrected chi connectivity index (χ3v) is 3.58. The number of nitrogens with zero attached hydrogens (tertiary/aromatic N) is 1. The zero-order chi connectivity index (χ0) is 18.8. The van der Waals surface area contributed by atoms with Gasteiger partial charge in [0.25, 0.3) is 5.91 Å². The molecule has 0 saturated carbocycles. The Hall–Kier alpha value is -2.63. The third kappa shape index (κ3) is 6.06. The molecule has 0 aliphatic carbocycles. The molecule has 0 saturated heterocycles. The van der Waals surface area contributed by atoms with Gasteiger partial charge in [0.2, 0.25) is 0 Å². The Morgan fingerprint density at radius 2 is 2.16 bits per heavy atom. The summed E-state index contributed by atoms with van der Waals surface area (Å²) in [6.07, 6.45) is 7.43. The minimum Gasteiger partial charge on any atom is -0.490 e. The first kappa shape index (κ1) is 20.4. The molecule has 132 valence electrons. The number of nitrogens with one attached hydrogen (secondary N) is 1. The maximum Gasteiger partial charge on any atom is 0.262 e. The number of carbonyl (C=O) groups excluding carboxylic acids is 1. The van der Waals surface area contributed by atoms with E-state index in [1.54, 1.807) is 12.1 Å². The van der Waals surface area contributed by atoms with E-state index in [-0.39, 0.29) is 23.2 Å². The summed E-state index contributed by atoms with van der Waals surface area (Å²) < 4.78 is 10.9. The summed E-state index contributed by atoms with van der Waals surface area (Å²) in [5, 5.41) is 12.3. The number of hydrogen-bond acceptors (Lipinski definition) is 4. The number of halogens is 1. The minimum atomic E-state index is -0.432. The van der Waals surface area contributed by atoms with E-state index in [4.69, 9.17) is 27.5 Å². The predicted molar refractivity (Wildman–Crippen MR) is 98.4 cm³/mol. The second-order valence-electron chi connectivity index (χ2n) is 5.21. The van der Waals surface area contributed by atoms with Gasteiger partial charge in [-0.05, 0) is 44.0 Å². The van der Waals surface area contributed by atoms with Gasteiger partial charge in [-0.3, -0.25) is 4.79 Å². The first-order valence-corrected chi connectivity index (χ1v) is 8.29. The van der Waals surface area contributed by atoms with Crippen LogP contribution in [0.5, 0.6) is 11.5 Å². The van der Waals surface area contributed by atoms with E-state index < -0.39 is 5.91 Å². The van der Waals surface area contributed by atoms with Gasteiger partial charge in [0.05, 0.1) is 11.6 Å². The third-order valence-electron chi connectivity index (χ3n) is 3.30. The van der Waals surface area contributed by atoms with Gasteiger partial charge in [-0.15, -0.1) is 6.42 Å². The highest BCUT2D eigenvalue weighted by molar-refractivity contribution is 6.32. The zero-order valence-electron chi connectivity index (χ0n) is 14.6. The van der Waals surface area contributed by atoms with E-state index in [9.17, 15) is 10.1 Å². The van der Waals surface area contributed by atoms with Crippen LogP contribution in [0.25, 0.3) is 6.08 Å². The highest BCUT2D eigenvalue weighted by atomic mass is 35.5. The van der Waals surface area contributed by atoms with Gasteiger partial charge in [0.1, 0.15) is 18.2 Å². The van der Waals surface area contributed by atoms with Gasteiger partial charge < -0.3 is 14.8 Å². The molecule has 0 aliphatic heterocycles.